The number of hydrogen-bond donors (Lipinski definition) is 2. The first-order valence-corrected chi connectivity index (χ1v) is 6.86. The Hall–Kier alpha value is -1.30. The monoisotopic (exact) mass is 272 g/mol. The number of nitrogen functional groups attached to an aromatic ring is 1. The molecule has 0 aliphatic carbocycles. The second kappa shape index (κ2) is 5.56. The van der Waals surface area contributed by atoms with E-state index in [0.29, 0.717) is 0 Å². The molecule has 1 aromatic carbocycles. The number of nitrogens with two attached hydrogens (primary N) is 1. The first kappa shape index (κ1) is 13.1. The van der Waals surface area contributed by atoms with E-state index in [2.05, 4.69) is 5.32 Å². The Kier molecular flexibility index (Phi) is 4.06. The van der Waals surface area contributed by atoms with Crippen LogP contribution in [-0.4, -0.2) is 23.5 Å². The number of rotatable bonds is 2. The van der Waals surface area contributed by atoms with E-state index in [-0.39, 0.29) is 11.6 Å². The van der Waals surface area contributed by atoms with Crippen molar-refractivity contribution in [3.05, 3.63) is 29.3 Å². The molecular weight excluding hydrogens is 258 g/mol. The summed E-state index contributed by atoms with van der Waals surface area (Å²) in [5.74, 6) is -0.333. The van der Waals surface area contributed by atoms with Crippen molar-refractivity contribution in [3.8, 4) is 0 Å². The molecule has 1 unspecified atom stereocenters. The SMILES string of the molecule is Nc1c(F)cc(C(=O)NC2CCCSC2)cc1F. The molecule has 2 rings (SSSR count). The van der Waals surface area contributed by atoms with Crippen molar-refractivity contribution in [2.24, 2.45) is 0 Å². The maximum atomic E-state index is 13.2. The Morgan fingerprint density at radius 2 is 2.06 bits per heavy atom. The molecule has 6 heteroatoms. The van der Waals surface area contributed by atoms with Crippen LogP contribution >= 0.6 is 11.8 Å². The van der Waals surface area contributed by atoms with Gasteiger partial charge in [0.15, 0.2) is 0 Å². The molecule has 1 aromatic rings. The summed E-state index contributed by atoms with van der Waals surface area (Å²) in [5.41, 5.74) is 4.56. The predicted octanol–water partition coefficient (Wildman–Crippen LogP) is 2.17. The number of anilines is 1. The second-order valence-electron chi connectivity index (χ2n) is 4.24. The maximum absolute atomic E-state index is 13.2. The Labute approximate surface area is 108 Å². The molecule has 0 saturated carbocycles. The lowest BCUT2D eigenvalue weighted by molar-refractivity contribution is 0.0937. The minimum atomic E-state index is -0.904. The Morgan fingerprint density at radius 3 is 2.61 bits per heavy atom. The van der Waals surface area contributed by atoms with Crippen LogP contribution < -0.4 is 11.1 Å². The zero-order valence-corrected chi connectivity index (χ0v) is 10.5. The molecule has 0 aromatic heterocycles. The minimum absolute atomic E-state index is 0.0326. The first-order chi connectivity index (χ1) is 8.58. The number of benzene rings is 1. The van der Waals surface area contributed by atoms with Gasteiger partial charge in [0.05, 0.1) is 0 Å². The van der Waals surface area contributed by atoms with Crippen LogP contribution in [0.4, 0.5) is 14.5 Å². The van der Waals surface area contributed by atoms with Gasteiger partial charge in [-0.3, -0.25) is 4.79 Å². The van der Waals surface area contributed by atoms with Crippen molar-refractivity contribution in [3.63, 3.8) is 0 Å². The third kappa shape index (κ3) is 2.93. The molecule has 0 spiro atoms. The van der Waals surface area contributed by atoms with Gasteiger partial charge in [-0.05, 0) is 30.7 Å². The van der Waals surface area contributed by atoms with E-state index in [1.165, 1.54) is 0 Å². The van der Waals surface area contributed by atoms with Gasteiger partial charge in [-0.1, -0.05) is 0 Å². The molecule has 0 bridgehead atoms. The van der Waals surface area contributed by atoms with Crippen LogP contribution in [0.25, 0.3) is 0 Å². The molecule has 3 nitrogen and oxygen atoms in total. The molecule has 3 N–H and O–H groups in total. The van der Waals surface area contributed by atoms with Gasteiger partial charge in [-0.2, -0.15) is 11.8 Å². The number of thioether (sulfide) groups is 1. The zero-order valence-electron chi connectivity index (χ0n) is 9.71. The third-order valence-electron chi connectivity index (χ3n) is 2.84. The standard InChI is InChI=1S/C12H14F2N2OS/c13-9-4-7(5-10(14)11(9)15)12(17)16-8-2-1-3-18-6-8/h4-5,8H,1-3,6,15H2,(H,16,17). The molecule has 1 aliphatic rings. The number of amides is 1. The number of carbonyl (C=O) groups is 1. The van der Waals surface area contributed by atoms with Crippen molar-refractivity contribution >= 4 is 23.4 Å². The zero-order chi connectivity index (χ0) is 13.1. The highest BCUT2D eigenvalue weighted by Gasteiger charge is 2.18. The van der Waals surface area contributed by atoms with Gasteiger partial charge in [0.1, 0.15) is 17.3 Å². The summed E-state index contributed by atoms with van der Waals surface area (Å²) in [7, 11) is 0. The van der Waals surface area contributed by atoms with Gasteiger partial charge < -0.3 is 11.1 Å². The summed E-state index contributed by atoms with van der Waals surface area (Å²) in [6.07, 6.45) is 1.94. The predicted molar refractivity (Wildman–Crippen MR) is 68.6 cm³/mol. The Morgan fingerprint density at radius 1 is 1.39 bits per heavy atom. The topological polar surface area (TPSA) is 55.1 Å². The van der Waals surface area contributed by atoms with Crippen molar-refractivity contribution in [1.82, 2.24) is 5.32 Å². The van der Waals surface area contributed by atoms with Crippen LogP contribution in [0.2, 0.25) is 0 Å². The maximum Gasteiger partial charge on any atom is 0.251 e. The highest BCUT2D eigenvalue weighted by molar-refractivity contribution is 7.99. The number of nitrogens with one attached hydrogen (secondary N) is 1. The van der Waals surface area contributed by atoms with Crippen molar-refractivity contribution < 1.29 is 13.6 Å². The fraction of sp³-hybridized carbons (Fsp3) is 0.417. The van der Waals surface area contributed by atoms with Gasteiger partial charge in [-0.15, -0.1) is 0 Å². The van der Waals surface area contributed by atoms with Crippen molar-refractivity contribution in [2.45, 2.75) is 18.9 Å². The van der Waals surface area contributed by atoms with E-state index in [0.717, 1.165) is 36.5 Å². The molecule has 1 atom stereocenters. The lowest BCUT2D eigenvalue weighted by Crippen LogP contribution is -2.38. The third-order valence-corrected chi connectivity index (χ3v) is 4.05. The van der Waals surface area contributed by atoms with Crippen molar-refractivity contribution in [2.75, 3.05) is 17.2 Å². The largest absolute Gasteiger partial charge is 0.394 e. The van der Waals surface area contributed by atoms with E-state index < -0.39 is 23.2 Å². The van der Waals surface area contributed by atoms with E-state index in [4.69, 9.17) is 5.73 Å². The molecule has 1 saturated heterocycles. The fourth-order valence-electron chi connectivity index (χ4n) is 1.84. The number of hydrogen-bond acceptors (Lipinski definition) is 3. The average Bonchev–Trinajstić information content (AvgIpc) is 2.36. The highest BCUT2D eigenvalue weighted by atomic mass is 32.2. The lowest BCUT2D eigenvalue weighted by atomic mass is 10.1. The van der Waals surface area contributed by atoms with E-state index >= 15 is 0 Å². The first-order valence-electron chi connectivity index (χ1n) is 5.71. The summed E-state index contributed by atoms with van der Waals surface area (Å²) in [5, 5.41) is 2.78. The van der Waals surface area contributed by atoms with Crippen LogP contribution in [0.15, 0.2) is 12.1 Å². The smallest absolute Gasteiger partial charge is 0.251 e. The minimum Gasteiger partial charge on any atom is -0.394 e. The molecule has 1 amide bonds. The molecule has 1 aliphatic heterocycles. The van der Waals surface area contributed by atoms with Crippen LogP contribution in [0.3, 0.4) is 0 Å². The molecular formula is C12H14F2N2OS. The van der Waals surface area contributed by atoms with E-state index in [9.17, 15) is 13.6 Å². The average molecular weight is 272 g/mol. The normalized spacial score (nSPS) is 19.6. The molecule has 0 radical (unpaired) electrons. The van der Waals surface area contributed by atoms with Crippen LogP contribution in [-0.2, 0) is 0 Å². The van der Waals surface area contributed by atoms with Gasteiger partial charge in [0, 0.05) is 17.4 Å². The van der Waals surface area contributed by atoms with Gasteiger partial charge in [-0.25, -0.2) is 8.78 Å². The summed E-state index contributed by atoms with van der Waals surface area (Å²) >= 11 is 1.77. The number of carbonyl (C=O) groups excluding carboxylic acids is 1. The van der Waals surface area contributed by atoms with E-state index in [1.807, 2.05) is 0 Å². The Balaban J connectivity index is 2.08. The summed E-state index contributed by atoms with van der Waals surface area (Å²) in [4.78, 5) is 11.8. The van der Waals surface area contributed by atoms with Crippen LogP contribution in [0, 0.1) is 11.6 Å². The Bertz CT molecular complexity index is 438. The summed E-state index contributed by atoms with van der Waals surface area (Å²) in [6, 6.07) is 1.99. The van der Waals surface area contributed by atoms with Gasteiger partial charge in [0.2, 0.25) is 0 Å². The summed E-state index contributed by atoms with van der Waals surface area (Å²) in [6.45, 7) is 0. The van der Waals surface area contributed by atoms with Gasteiger partial charge in [0.25, 0.3) is 5.91 Å². The van der Waals surface area contributed by atoms with Gasteiger partial charge >= 0.3 is 0 Å². The molecule has 18 heavy (non-hydrogen) atoms. The second-order valence-corrected chi connectivity index (χ2v) is 5.39. The summed E-state index contributed by atoms with van der Waals surface area (Å²) < 4.78 is 26.5. The number of halogens is 2. The fourth-order valence-corrected chi connectivity index (χ4v) is 2.91. The van der Waals surface area contributed by atoms with Crippen LogP contribution in [0.1, 0.15) is 23.2 Å². The van der Waals surface area contributed by atoms with Crippen LogP contribution in [0.5, 0.6) is 0 Å². The molecule has 1 heterocycles. The quantitative estimate of drug-likeness (QED) is 0.811. The molecule has 98 valence electrons. The lowest BCUT2D eigenvalue weighted by Gasteiger charge is -2.22. The van der Waals surface area contributed by atoms with Crippen molar-refractivity contribution in [1.29, 1.82) is 0 Å². The van der Waals surface area contributed by atoms with E-state index in [1.54, 1.807) is 11.8 Å². The molecule has 1 fully saturated rings. The highest BCUT2D eigenvalue weighted by Crippen LogP contribution is 2.19.